The Balaban J connectivity index is 2.63. The van der Waals surface area contributed by atoms with E-state index in [4.69, 9.17) is 4.74 Å². The van der Waals surface area contributed by atoms with Crippen molar-refractivity contribution in [3.63, 3.8) is 0 Å². The first-order chi connectivity index (χ1) is 6.09. The standard InChI is InChI=1S/C11H16O2/c1-8(2)7-13-10-5-4-9(3)11(12)6-10/h4-6,8,12H,7H2,1-3H3. The van der Waals surface area contributed by atoms with E-state index in [-0.39, 0.29) is 0 Å². The van der Waals surface area contributed by atoms with Gasteiger partial charge in [0.2, 0.25) is 0 Å². The van der Waals surface area contributed by atoms with Gasteiger partial charge in [0.25, 0.3) is 0 Å². The molecule has 0 fully saturated rings. The molecular weight excluding hydrogens is 164 g/mol. The van der Waals surface area contributed by atoms with E-state index in [1.165, 1.54) is 0 Å². The second-order valence-corrected chi connectivity index (χ2v) is 3.65. The first-order valence-electron chi connectivity index (χ1n) is 4.52. The van der Waals surface area contributed by atoms with Crippen LogP contribution in [0.4, 0.5) is 0 Å². The summed E-state index contributed by atoms with van der Waals surface area (Å²) >= 11 is 0. The summed E-state index contributed by atoms with van der Waals surface area (Å²) in [6.07, 6.45) is 0. The van der Waals surface area contributed by atoms with Gasteiger partial charge in [-0.15, -0.1) is 0 Å². The molecule has 13 heavy (non-hydrogen) atoms. The molecule has 1 aromatic rings. The van der Waals surface area contributed by atoms with Crippen LogP contribution >= 0.6 is 0 Å². The van der Waals surface area contributed by atoms with Crippen LogP contribution in [0.15, 0.2) is 18.2 Å². The summed E-state index contributed by atoms with van der Waals surface area (Å²) in [5.74, 6) is 1.53. The van der Waals surface area contributed by atoms with Crippen molar-refractivity contribution in [3.8, 4) is 11.5 Å². The van der Waals surface area contributed by atoms with Gasteiger partial charge < -0.3 is 9.84 Å². The molecule has 0 saturated heterocycles. The molecule has 2 nitrogen and oxygen atoms in total. The van der Waals surface area contributed by atoms with E-state index in [9.17, 15) is 5.11 Å². The average Bonchev–Trinajstić information content (AvgIpc) is 2.07. The third kappa shape index (κ3) is 2.98. The largest absolute Gasteiger partial charge is 0.508 e. The van der Waals surface area contributed by atoms with Gasteiger partial charge in [-0.3, -0.25) is 0 Å². The van der Waals surface area contributed by atoms with Crippen LogP contribution in [0.1, 0.15) is 19.4 Å². The zero-order chi connectivity index (χ0) is 9.84. The number of hydrogen-bond donors (Lipinski definition) is 1. The first kappa shape index (κ1) is 9.90. The van der Waals surface area contributed by atoms with E-state index in [1.54, 1.807) is 6.07 Å². The molecule has 0 bridgehead atoms. The van der Waals surface area contributed by atoms with Crippen LogP contribution in [0.3, 0.4) is 0 Å². The monoisotopic (exact) mass is 180 g/mol. The van der Waals surface area contributed by atoms with Gasteiger partial charge in [0.05, 0.1) is 6.61 Å². The Morgan fingerprint density at radius 2 is 2.08 bits per heavy atom. The molecule has 1 N–H and O–H groups in total. The van der Waals surface area contributed by atoms with Crippen molar-refractivity contribution in [2.24, 2.45) is 5.92 Å². The molecule has 0 aliphatic carbocycles. The lowest BCUT2D eigenvalue weighted by Crippen LogP contribution is -2.04. The molecule has 0 unspecified atom stereocenters. The van der Waals surface area contributed by atoms with Gasteiger partial charge in [0.15, 0.2) is 0 Å². The predicted molar refractivity (Wildman–Crippen MR) is 53.2 cm³/mol. The summed E-state index contributed by atoms with van der Waals surface area (Å²) in [6, 6.07) is 5.38. The summed E-state index contributed by atoms with van der Waals surface area (Å²) < 4.78 is 5.44. The minimum Gasteiger partial charge on any atom is -0.508 e. The summed E-state index contributed by atoms with van der Waals surface area (Å²) in [7, 11) is 0. The van der Waals surface area contributed by atoms with Crippen LogP contribution in [0, 0.1) is 12.8 Å². The molecule has 0 aliphatic rings. The van der Waals surface area contributed by atoms with Crippen molar-refractivity contribution < 1.29 is 9.84 Å². The highest BCUT2D eigenvalue weighted by Gasteiger charge is 2.00. The quantitative estimate of drug-likeness (QED) is 0.775. The zero-order valence-electron chi connectivity index (χ0n) is 8.37. The van der Waals surface area contributed by atoms with Gasteiger partial charge in [-0.2, -0.15) is 0 Å². The maximum absolute atomic E-state index is 9.39. The highest BCUT2D eigenvalue weighted by molar-refractivity contribution is 5.38. The minimum absolute atomic E-state index is 0.293. The fourth-order valence-corrected chi connectivity index (χ4v) is 0.942. The topological polar surface area (TPSA) is 29.5 Å². The normalized spacial score (nSPS) is 10.5. The van der Waals surface area contributed by atoms with E-state index in [0.29, 0.717) is 18.3 Å². The Morgan fingerprint density at radius 1 is 1.38 bits per heavy atom. The molecule has 0 atom stereocenters. The minimum atomic E-state index is 0.293. The molecule has 0 saturated carbocycles. The van der Waals surface area contributed by atoms with Crippen molar-refractivity contribution in [1.82, 2.24) is 0 Å². The van der Waals surface area contributed by atoms with Crippen molar-refractivity contribution in [2.75, 3.05) is 6.61 Å². The molecule has 0 heterocycles. The molecular formula is C11H16O2. The van der Waals surface area contributed by atoms with E-state index in [0.717, 1.165) is 11.3 Å². The molecule has 0 radical (unpaired) electrons. The predicted octanol–water partition coefficient (Wildman–Crippen LogP) is 2.74. The Hall–Kier alpha value is -1.18. The number of ether oxygens (including phenoxy) is 1. The lowest BCUT2D eigenvalue weighted by Gasteiger charge is -2.09. The highest BCUT2D eigenvalue weighted by atomic mass is 16.5. The third-order valence-electron chi connectivity index (χ3n) is 1.76. The average molecular weight is 180 g/mol. The first-order valence-corrected chi connectivity index (χ1v) is 4.52. The fourth-order valence-electron chi connectivity index (χ4n) is 0.942. The second kappa shape index (κ2) is 4.17. The van der Waals surface area contributed by atoms with E-state index in [2.05, 4.69) is 13.8 Å². The maximum atomic E-state index is 9.39. The summed E-state index contributed by atoms with van der Waals surface area (Å²) in [4.78, 5) is 0. The lowest BCUT2D eigenvalue weighted by atomic mass is 10.2. The molecule has 0 spiro atoms. The van der Waals surface area contributed by atoms with Crippen LogP contribution in [0.2, 0.25) is 0 Å². The van der Waals surface area contributed by atoms with Crippen LogP contribution in [-0.2, 0) is 0 Å². The summed E-state index contributed by atoms with van der Waals surface area (Å²) in [5.41, 5.74) is 0.872. The van der Waals surface area contributed by atoms with Gasteiger partial charge in [-0.1, -0.05) is 19.9 Å². The number of rotatable bonds is 3. The maximum Gasteiger partial charge on any atom is 0.123 e. The number of hydrogen-bond acceptors (Lipinski definition) is 2. The number of aromatic hydroxyl groups is 1. The number of phenolic OH excluding ortho intramolecular Hbond substituents is 1. The van der Waals surface area contributed by atoms with Crippen LogP contribution in [-0.4, -0.2) is 11.7 Å². The number of benzene rings is 1. The summed E-state index contributed by atoms with van der Waals surface area (Å²) in [5, 5.41) is 9.39. The Labute approximate surface area is 79.2 Å². The molecule has 0 aromatic heterocycles. The SMILES string of the molecule is Cc1ccc(OCC(C)C)cc1O. The number of phenols is 1. The number of aryl methyl sites for hydroxylation is 1. The Bertz CT molecular complexity index is 279. The fraction of sp³-hybridized carbons (Fsp3) is 0.455. The van der Waals surface area contributed by atoms with Crippen molar-refractivity contribution >= 4 is 0 Å². The zero-order valence-corrected chi connectivity index (χ0v) is 8.37. The van der Waals surface area contributed by atoms with Gasteiger partial charge in [-0.05, 0) is 24.5 Å². The summed E-state index contributed by atoms with van der Waals surface area (Å²) in [6.45, 7) is 6.73. The van der Waals surface area contributed by atoms with Crippen molar-refractivity contribution in [2.45, 2.75) is 20.8 Å². The molecule has 1 rings (SSSR count). The van der Waals surface area contributed by atoms with Crippen molar-refractivity contribution in [1.29, 1.82) is 0 Å². The molecule has 1 aromatic carbocycles. The van der Waals surface area contributed by atoms with E-state index < -0.39 is 0 Å². The smallest absolute Gasteiger partial charge is 0.123 e. The van der Waals surface area contributed by atoms with Gasteiger partial charge in [-0.25, -0.2) is 0 Å². The lowest BCUT2D eigenvalue weighted by molar-refractivity contribution is 0.270. The molecule has 72 valence electrons. The Morgan fingerprint density at radius 3 is 2.62 bits per heavy atom. The van der Waals surface area contributed by atoms with E-state index >= 15 is 0 Å². The van der Waals surface area contributed by atoms with Crippen molar-refractivity contribution in [3.05, 3.63) is 23.8 Å². The Kier molecular flexibility index (Phi) is 3.18. The second-order valence-electron chi connectivity index (χ2n) is 3.65. The van der Waals surface area contributed by atoms with Gasteiger partial charge >= 0.3 is 0 Å². The van der Waals surface area contributed by atoms with Crippen LogP contribution < -0.4 is 4.74 Å². The van der Waals surface area contributed by atoms with E-state index in [1.807, 2.05) is 19.1 Å². The molecule has 2 heteroatoms. The van der Waals surface area contributed by atoms with Gasteiger partial charge in [0, 0.05) is 6.07 Å². The van der Waals surface area contributed by atoms with Crippen LogP contribution in [0.25, 0.3) is 0 Å². The van der Waals surface area contributed by atoms with Crippen LogP contribution in [0.5, 0.6) is 11.5 Å². The van der Waals surface area contributed by atoms with Gasteiger partial charge in [0.1, 0.15) is 11.5 Å². The molecule has 0 amide bonds. The molecule has 0 aliphatic heterocycles. The highest BCUT2D eigenvalue weighted by Crippen LogP contribution is 2.22. The third-order valence-corrected chi connectivity index (χ3v) is 1.76.